The molecule has 22 rings (SSSR count). The molecule has 6 heteroatoms. The Balaban J connectivity index is 0.000000147. The van der Waals surface area contributed by atoms with E-state index >= 15 is 0 Å². The van der Waals surface area contributed by atoms with Crippen LogP contribution in [-0.4, -0.2) is 13.4 Å². The van der Waals surface area contributed by atoms with E-state index in [1.165, 1.54) is 226 Å². The van der Waals surface area contributed by atoms with E-state index in [9.17, 15) is 0 Å². The van der Waals surface area contributed by atoms with E-state index in [0.717, 1.165) is 0 Å². The minimum Gasteiger partial charge on any atom is -0.0911 e. The molecule has 0 radical (unpaired) electrons. The molecule has 18 aromatic rings. The normalized spacial score (nSPS) is 13.4. The summed E-state index contributed by atoms with van der Waals surface area (Å²) in [5.74, 6) is 0. The van der Waals surface area contributed by atoms with Crippen molar-refractivity contribution in [2.24, 2.45) is 0 Å². The average molecular weight is 1590 g/mol. The molecule has 0 spiro atoms. The van der Waals surface area contributed by atoms with E-state index in [1.807, 2.05) is 47.0 Å². The fourth-order valence-electron chi connectivity index (χ4n) is 19.3. The maximum absolute atomic E-state index is 2.52. The van der Waals surface area contributed by atoms with Crippen LogP contribution < -0.4 is 32.8 Å². The first-order chi connectivity index (χ1) is 57.0. The third kappa shape index (κ3) is 12.6. The summed E-state index contributed by atoms with van der Waals surface area (Å²) in [7, 11) is 0. The zero-order valence-electron chi connectivity index (χ0n) is 69.0. The summed E-state index contributed by atoms with van der Waals surface area (Å²) >= 11 is 7.88. The van der Waals surface area contributed by atoms with Gasteiger partial charge in [0.15, 0.2) is 0 Å². The lowest BCUT2D eigenvalue weighted by atomic mass is 9.36. The van der Waals surface area contributed by atoms with E-state index in [1.54, 1.807) is 0 Å². The van der Waals surface area contributed by atoms with Crippen LogP contribution in [0.3, 0.4) is 0 Å². The highest BCUT2D eigenvalue weighted by Crippen LogP contribution is 2.53. The highest BCUT2D eigenvalue weighted by molar-refractivity contribution is 8.02. The van der Waals surface area contributed by atoms with Crippen LogP contribution >= 0.6 is 47.0 Å². The fraction of sp³-hybridized carbons (Fsp3) is 0.143. The number of hydrogen-bond acceptors (Lipinski definition) is 4. The lowest BCUT2D eigenvalue weighted by molar-refractivity contribution is 0.588. The Morgan fingerprint density at radius 2 is 0.458 bits per heavy atom. The van der Waals surface area contributed by atoms with E-state index in [2.05, 4.69) is 411 Å². The van der Waals surface area contributed by atoms with Crippen LogP contribution in [0.15, 0.2) is 367 Å². The van der Waals surface area contributed by atoms with Gasteiger partial charge in [0.2, 0.25) is 13.4 Å². The first-order valence-corrected chi connectivity index (χ1v) is 45.0. The average Bonchev–Trinajstić information content (AvgIpc) is 0.712. The lowest BCUT2D eigenvalue weighted by Gasteiger charge is -2.35. The molecule has 0 atom stereocenters. The molecule has 0 fully saturated rings. The SMILES string of the molecule is CC(C)(C)c1ccc2c(c1)Sc1cc(-c3c4ccccc4c(-c4ccc(-c5cccc6ccccc56)cc4)c4ccccc34)cc3c1B2c1ccc(C(C)(C)C)cc1S3.CC(C)(C)c1ccc2c(c1)Sc1cc(-c3c4ccccc4c(-c4ccc(-c5ccccc5)c5ccccc45)c4ccccc34)cc3c1B2c1ccc(C(C)(C)C)cc1S3. The molecular weight excluding hydrogens is 1500 g/mol. The van der Waals surface area contributed by atoms with Gasteiger partial charge in [-0.15, -0.1) is 0 Å². The molecule has 4 aliphatic rings. The number of hydrogen-bond donors (Lipinski definition) is 0. The molecule has 0 N–H and O–H groups in total. The van der Waals surface area contributed by atoms with Crippen LogP contribution in [0.2, 0.25) is 0 Å². The van der Waals surface area contributed by atoms with Gasteiger partial charge in [0, 0.05) is 39.2 Å². The van der Waals surface area contributed by atoms with Gasteiger partial charge in [0.1, 0.15) is 0 Å². The molecule has 0 amide bonds. The van der Waals surface area contributed by atoms with Crippen molar-refractivity contribution in [3.63, 3.8) is 0 Å². The molecule has 568 valence electrons. The number of benzene rings is 18. The van der Waals surface area contributed by atoms with Crippen molar-refractivity contribution in [3.8, 4) is 66.8 Å². The van der Waals surface area contributed by atoms with Crippen molar-refractivity contribution < 1.29 is 0 Å². The van der Waals surface area contributed by atoms with Crippen molar-refractivity contribution in [2.75, 3.05) is 0 Å². The summed E-state index contributed by atoms with van der Waals surface area (Å²) in [5.41, 5.74) is 29.8. The molecule has 0 aliphatic carbocycles. The second kappa shape index (κ2) is 28.4. The van der Waals surface area contributed by atoms with Gasteiger partial charge in [-0.05, 0) is 235 Å². The lowest BCUT2D eigenvalue weighted by Crippen LogP contribution is -2.58. The predicted molar refractivity (Wildman–Crippen MR) is 517 cm³/mol. The first-order valence-electron chi connectivity index (χ1n) is 41.7. The molecule has 0 aromatic heterocycles. The second-order valence-electron chi connectivity index (χ2n) is 36.9. The van der Waals surface area contributed by atoms with Gasteiger partial charge in [0.25, 0.3) is 0 Å². The van der Waals surface area contributed by atoms with Crippen molar-refractivity contribution in [1.29, 1.82) is 0 Å². The summed E-state index contributed by atoms with van der Waals surface area (Å²) < 4.78 is 0. The Labute approximate surface area is 712 Å². The molecule has 0 nitrogen and oxygen atoms in total. The summed E-state index contributed by atoms with van der Waals surface area (Å²) in [6.07, 6.45) is 0. The van der Waals surface area contributed by atoms with E-state index in [-0.39, 0.29) is 35.1 Å². The molecule has 118 heavy (non-hydrogen) atoms. The van der Waals surface area contributed by atoms with E-state index < -0.39 is 0 Å². The zero-order valence-corrected chi connectivity index (χ0v) is 72.2. The number of rotatable bonds is 6. The molecule has 0 saturated heterocycles. The summed E-state index contributed by atoms with van der Waals surface area (Å²) in [5, 5.41) is 15.4. The number of fused-ring (bicyclic) bond motifs is 14. The highest BCUT2D eigenvalue weighted by atomic mass is 32.2. The summed E-state index contributed by atoms with van der Waals surface area (Å²) in [4.78, 5) is 11.0. The van der Waals surface area contributed by atoms with Gasteiger partial charge < -0.3 is 0 Å². The largest absolute Gasteiger partial charge is 0.247 e. The van der Waals surface area contributed by atoms with Crippen LogP contribution in [0.4, 0.5) is 0 Å². The Hall–Kier alpha value is -11.0. The second-order valence-corrected chi connectivity index (χ2v) is 41.3. The van der Waals surface area contributed by atoms with Crippen LogP contribution in [0.25, 0.3) is 131 Å². The van der Waals surface area contributed by atoms with Crippen LogP contribution in [0.1, 0.15) is 105 Å². The summed E-state index contributed by atoms with van der Waals surface area (Å²) in [6, 6.07) is 125. The molecule has 4 heterocycles. The van der Waals surface area contributed by atoms with Crippen LogP contribution in [0, 0.1) is 0 Å². The van der Waals surface area contributed by atoms with Crippen LogP contribution in [-0.2, 0) is 21.7 Å². The van der Waals surface area contributed by atoms with E-state index in [0.29, 0.717) is 0 Å². The quantitative estimate of drug-likeness (QED) is 0.120. The standard InChI is InChI=1S/2C56H45BS2/c1-55(2,3)38-26-28-46-48(32-38)58-50-30-37(31-51-54(50)57(46)47-29-27-39(56(4,5)6)33-49(47)59-51)53-44-19-11-9-17-42(44)52(43-18-10-12-20-45(43)53)36-24-22-35(23-25-36)41-21-13-15-34-14-7-8-16-40(34)41;1-55(2,3)36-24-28-46-48(32-36)58-50-30-35(31-51-54(50)57(46)47-29-25-37(56(4,5)6)33-49(47)59-51)52-41-20-12-14-22-43(41)53(44-23-15-13-21-42(44)52)45-27-26-38(34-16-8-7-9-17-34)39-18-10-11-19-40(39)45/h2*7-33H,1-6H3. The summed E-state index contributed by atoms with van der Waals surface area (Å²) in [6.45, 7) is 28.3. The maximum Gasteiger partial charge on any atom is 0.247 e. The molecule has 0 bridgehead atoms. The van der Waals surface area contributed by atoms with Gasteiger partial charge in [-0.3, -0.25) is 0 Å². The van der Waals surface area contributed by atoms with Crippen molar-refractivity contribution in [1.82, 2.24) is 0 Å². The maximum atomic E-state index is 2.52. The Kier molecular flexibility index (Phi) is 17.9. The minimum absolute atomic E-state index is 0.0670. The fourth-order valence-corrected chi connectivity index (χ4v) is 24.4. The van der Waals surface area contributed by atoms with Crippen molar-refractivity contribution in [3.05, 3.63) is 350 Å². The molecule has 0 unspecified atom stereocenters. The Bertz CT molecular complexity index is 6930. The van der Waals surface area contributed by atoms with Gasteiger partial charge in [-0.25, -0.2) is 0 Å². The van der Waals surface area contributed by atoms with Gasteiger partial charge in [-0.1, -0.05) is 431 Å². The third-order valence-corrected chi connectivity index (χ3v) is 29.9. The molecule has 0 saturated carbocycles. The van der Waals surface area contributed by atoms with Gasteiger partial charge in [0.05, 0.1) is 0 Å². The minimum atomic E-state index is 0.0670. The third-order valence-electron chi connectivity index (χ3n) is 25.4. The topological polar surface area (TPSA) is 0 Å². The smallest absolute Gasteiger partial charge is 0.0911 e. The van der Waals surface area contributed by atoms with Gasteiger partial charge in [-0.2, -0.15) is 0 Å². The van der Waals surface area contributed by atoms with Crippen molar-refractivity contribution in [2.45, 2.75) is 144 Å². The predicted octanol–water partition coefficient (Wildman–Crippen LogP) is 28.4. The Morgan fingerprint density at radius 1 is 0.186 bits per heavy atom. The Morgan fingerprint density at radius 3 is 0.822 bits per heavy atom. The highest BCUT2D eigenvalue weighted by Gasteiger charge is 2.42. The van der Waals surface area contributed by atoms with Crippen molar-refractivity contribution >= 4 is 158 Å². The first kappa shape index (κ1) is 74.6. The van der Waals surface area contributed by atoms with Crippen LogP contribution in [0.5, 0.6) is 0 Å². The molecule has 4 aliphatic heterocycles. The molecule has 18 aromatic carbocycles. The molecular formula is C112H90B2S4. The van der Waals surface area contributed by atoms with E-state index in [4.69, 9.17) is 0 Å². The van der Waals surface area contributed by atoms with Gasteiger partial charge >= 0.3 is 0 Å². The zero-order chi connectivity index (χ0) is 80.4. The monoisotopic (exact) mass is 1580 g/mol.